The van der Waals surface area contributed by atoms with Crippen molar-refractivity contribution in [3.63, 3.8) is 0 Å². The summed E-state index contributed by atoms with van der Waals surface area (Å²) >= 11 is 6.37. The molecular weight excluding hydrogens is 506 g/mol. The predicted octanol–water partition coefficient (Wildman–Crippen LogP) is 0.595. The molecule has 0 unspecified atom stereocenters. The first-order valence-electron chi connectivity index (χ1n) is 11.4. The molecule has 13 nitrogen and oxygen atoms in total. The van der Waals surface area contributed by atoms with Gasteiger partial charge < -0.3 is 25.1 Å². The number of halogens is 1. The third-order valence-electron chi connectivity index (χ3n) is 6.10. The van der Waals surface area contributed by atoms with Gasteiger partial charge in [-0.2, -0.15) is 9.36 Å². The smallest absolute Gasteiger partial charge is 0.363 e. The van der Waals surface area contributed by atoms with Gasteiger partial charge >= 0.3 is 5.69 Å². The van der Waals surface area contributed by atoms with Crippen molar-refractivity contribution in [3.8, 4) is 0 Å². The normalized spacial score (nSPS) is 12.9. The number of nitrogens with zero attached hydrogens (tertiary/aromatic N) is 5. The topological polar surface area (TPSA) is 165 Å². The number of anilines is 3. The molecule has 0 bridgehead atoms. The van der Waals surface area contributed by atoms with Gasteiger partial charge in [0.25, 0.3) is 16.8 Å². The zero-order valence-electron chi connectivity index (χ0n) is 19.7. The Bertz CT molecular complexity index is 1630. The number of fused-ring (bicyclic) bond motifs is 1. The van der Waals surface area contributed by atoms with Crippen molar-refractivity contribution >= 4 is 34.6 Å². The highest BCUT2D eigenvalue weighted by molar-refractivity contribution is 6.32. The van der Waals surface area contributed by atoms with E-state index < -0.39 is 16.5 Å². The van der Waals surface area contributed by atoms with E-state index in [1.165, 1.54) is 4.90 Å². The molecule has 37 heavy (non-hydrogen) atoms. The van der Waals surface area contributed by atoms with Crippen LogP contribution in [0.5, 0.6) is 0 Å². The lowest BCUT2D eigenvalue weighted by atomic mass is 10.1. The third-order valence-corrected chi connectivity index (χ3v) is 6.46. The molecule has 14 heteroatoms. The quantitative estimate of drug-likeness (QED) is 0.249. The summed E-state index contributed by atoms with van der Waals surface area (Å²) in [4.78, 5) is 51.5. The maximum Gasteiger partial charge on any atom is 0.363 e. The fraction of sp³-hybridized carbons (Fsp3) is 0.304. The van der Waals surface area contributed by atoms with Crippen LogP contribution in [0, 0.1) is 6.92 Å². The molecule has 2 aromatic heterocycles. The first-order valence-corrected chi connectivity index (χ1v) is 11.8. The Balaban J connectivity index is 1.33. The Labute approximate surface area is 213 Å². The molecule has 0 spiro atoms. The van der Waals surface area contributed by atoms with Gasteiger partial charge in [-0.15, -0.1) is 0 Å². The summed E-state index contributed by atoms with van der Waals surface area (Å²) in [7, 11) is 0. The zero-order valence-corrected chi connectivity index (χ0v) is 20.4. The molecule has 0 atom stereocenters. The third kappa shape index (κ3) is 4.42. The van der Waals surface area contributed by atoms with E-state index in [4.69, 9.17) is 21.1 Å². The van der Waals surface area contributed by atoms with Crippen LogP contribution in [0.4, 0.5) is 17.1 Å². The zero-order chi connectivity index (χ0) is 26.3. The van der Waals surface area contributed by atoms with Gasteiger partial charge in [0.2, 0.25) is 0 Å². The van der Waals surface area contributed by atoms with Gasteiger partial charge in [0.15, 0.2) is 0 Å². The number of aliphatic hydroxyl groups excluding tert-OH is 1. The summed E-state index contributed by atoms with van der Waals surface area (Å²) in [6.45, 7) is 2.20. The molecule has 3 heterocycles. The molecule has 4 aromatic rings. The molecule has 2 aromatic carbocycles. The number of nitrogens with one attached hydrogen (secondary N) is 2. The van der Waals surface area contributed by atoms with Crippen LogP contribution in [0.3, 0.4) is 0 Å². The number of benzene rings is 1. The highest BCUT2D eigenvalue weighted by Gasteiger charge is 2.33. The molecule has 0 saturated carbocycles. The van der Waals surface area contributed by atoms with E-state index in [1.54, 1.807) is 31.2 Å². The number of carbonyl (C=O) groups is 1. The second-order valence-corrected chi connectivity index (χ2v) is 8.91. The average molecular weight is 528 g/mol. The van der Waals surface area contributed by atoms with Crippen molar-refractivity contribution in [2.45, 2.75) is 33.1 Å². The van der Waals surface area contributed by atoms with Crippen molar-refractivity contribution in [3.05, 3.63) is 82.9 Å². The second kappa shape index (κ2) is 9.67. The first kappa shape index (κ1) is 24.5. The van der Waals surface area contributed by atoms with Crippen LogP contribution in [-0.4, -0.2) is 48.9 Å². The molecular formula is C23H22ClN7O6. The first-order chi connectivity index (χ1) is 17.8. The van der Waals surface area contributed by atoms with E-state index in [0.29, 0.717) is 22.0 Å². The lowest BCUT2D eigenvalue weighted by molar-refractivity contribution is 0.0771. The van der Waals surface area contributed by atoms with Crippen molar-refractivity contribution in [2.24, 2.45) is 0 Å². The molecule has 0 fully saturated rings. The SMILES string of the molecule is Cc1ccc(CNc2c(Nc3ccc(Cl)c4c3C(=O)N(CCn3nnn(CCO)c3=O)C4)c(=O)c2=O)o1. The molecule has 0 aliphatic carbocycles. The van der Waals surface area contributed by atoms with E-state index in [1.807, 2.05) is 0 Å². The fourth-order valence-corrected chi connectivity index (χ4v) is 4.41. The Morgan fingerprint density at radius 3 is 2.43 bits per heavy atom. The van der Waals surface area contributed by atoms with E-state index in [2.05, 4.69) is 21.1 Å². The number of rotatable bonds is 10. The van der Waals surface area contributed by atoms with Crippen molar-refractivity contribution in [1.82, 2.24) is 24.7 Å². The van der Waals surface area contributed by atoms with Crippen LogP contribution in [0.2, 0.25) is 5.02 Å². The molecule has 1 aliphatic heterocycles. The summed E-state index contributed by atoms with van der Waals surface area (Å²) in [6, 6.07) is 6.74. The number of aliphatic hydroxyl groups is 1. The number of hydrogen-bond donors (Lipinski definition) is 3. The van der Waals surface area contributed by atoms with Gasteiger partial charge in [-0.1, -0.05) is 11.6 Å². The monoisotopic (exact) mass is 527 g/mol. The Hall–Kier alpha value is -4.23. The summed E-state index contributed by atoms with van der Waals surface area (Å²) < 4.78 is 7.62. The van der Waals surface area contributed by atoms with Gasteiger partial charge in [-0.25, -0.2) is 4.79 Å². The minimum atomic E-state index is -0.700. The molecule has 192 valence electrons. The summed E-state index contributed by atoms with van der Waals surface area (Å²) in [5.41, 5.74) is -0.521. The fourth-order valence-electron chi connectivity index (χ4n) is 4.19. The van der Waals surface area contributed by atoms with E-state index in [9.17, 15) is 19.2 Å². The van der Waals surface area contributed by atoms with Gasteiger partial charge in [0.1, 0.15) is 22.9 Å². The predicted molar refractivity (Wildman–Crippen MR) is 133 cm³/mol. The lowest BCUT2D eigenvalue weighted by Crippen LogP contribution is -2.36. The number of tetrazole rings is 1. The van der Waals surface area contributed by atoms with Crippen molar-refractivity contribution < 1.29 is 14.3 Å². The number of carbonyl (C=O) groups excluding carboxylic acids is 1. The van der Waals surface area contributed by atoms with Gasteiger partial charge in [-0.05, 0) is 41.6 Å². The highest BCUT2D eigenvalue weighted by atomic mass is 35.5. The van der Waals surface area contributed by atoms with Crippen LogP contribution < -0.4 is 27.2 Å². The molecule has 1 amide bonds. The Kier molecular flexibility index (Phi) is 6.39. The van der Waals surface area contributed by atoms with Crippen molar-refractivity contribution in [1.29, 1.82) is 0 Å². The Morgan fingerprint density at radius 2 is 1.73 bits per heavy atom. The molecule has 0 saturated heterocycles. The van der Waals surface area contributed by atoms with Gasteiger partial charge in [0.05, 0.1) is 37.5 Å². The van der Waals surface area contributed by atoms with E-state index >= 15 is 0 Å². The molecule has 1 aliphatic rings. The summed E-state index contributed by atoms with van der Waals surface area (Å²) in [5, 5.41) is 22.7. The molecule has 0 radical (unpaired) electrons. The number of aromatic nitrogens is 4. The molecule has 5 rings (SSSR count). The highest BCUT2D eigenvalue weighted by Crippen LogP contribution is 2.36. The van der Waals surface area contributed by atoms with Gasteiger partial charge in [0, 0.05) is 23.7 Å². The largest absolute Gasteiger partial charge is 0.465 e. The molecule has 3 N–H and O–H groups in total. The summed E-state index contributed by atoms with van der Waals surface area (Å²) in [5.74, 6) is 0.972. The van der Waals surface area contributed by atoms with Crippen molar-refractivity contribution in [2.75, 3.05) is 23.8 Å². The summed E-state index contributed by atoms with van der Waals surface area (Å²) in [6.07, 6.45) is 0. The second-order valence-electron chi connectivity index (χ2n) is 8.51. The van der Waals surface area contributed by atoms with Crippen LogP contribution in [-0.2, 0) is 26.2 Å². The van der Waals surface area contributed by atoms with Crippen LogP contribution >= 0.6 is 11.6 Å². The number of amides is 1. The minimum absolute atomic E-state index is 0.0205. The van der Waals surface area contributed by atoms with Crippen LogP contribution in [0.15, 0.2) is 43.1 Å². The van der Waals surface area contributed by atoms with E-state index in [-0.39, 0.29) is 62.2 Å². The standard InChI is InChI=1S/C23H22ClN7O6/c1-12-2-3-13(37-12)10-25-18-19(21(34)20(18)33)26-16-5-4-15(24)14-11-29(22(35)17(14)16)6-7-30-23(36)31(8-9-32)28-27-30/h2-5,25-26,32H,6-11H2,1H3. The maximum atomic E-state index is 13.3. The van der Waals surface area contributed by atoms with Crippen LogP contribution in [0.25, 0.3) is 0 Å². The minimum Gasteiger partial charge on any atom is -0.465 e. The number of hydrogen-bond acceptors (Lipinski definition) is 10. The number of aryl methyl sites for hydroxylation is 1. The maximum absolute atomic E-state index is 13.3. The Morgan fingerprint density at radius 1 is 1.00 bits per heavy atom. The van der Waals surface area contributed by atoms with E-state index in [0.717, 1.165) is 15.1 Å². The van der Waals surface area contributed by atoms with Gasteiger partial charge in [-0.3, -0.25) is 14.4 Å². The lowest BCUT2D eigenvalue weighted by Gasteiger charge is -2.17. The average Bonchev–Trinajstić information content (AvgIpc) is 3.56. The van der Waals surface area contributed by atoms with Crippen LogP contribution in [0.1, 0.15) is 27.4 Å². The number of furan rings is 1.